The third-order valence-electron chi connectivity index (χ3n) is 3.55. The monoisotopic (exact) mass is 346 g/mol. The molecule has 1 amide bonds. The predicted molar refractivity (Wildman–Crippen MR) is 89.1 cm³/mol. The third-order valence-corrected chi connectivity index (χ3v) is 3.74. The molecule has 0 fully saturated rings. The topological polar surface area (TPSA) is 42.0 Å². The molecule has 2 aromatic carbocycles. The second-order valence-electron chi connectivity index (χ2n) is 5.29. The molecule has 1 heterocycles. The Labute approximate surface area is 142 Å². The van der Waals surface area contributed by atoms with E-state index >= 15 is 0 Å². The summed E-state index contributed by atoms with van der Waals surface area (Å²) in [5.74, 6) is -1.58. The Morgan fingerprint density at radius 1 is 1.08 bits per heavy atom. The number of carbonyl (C=O) groups is 1. The fourth-order valence-corrected chi connectivity index (χ4v) is 2.70. The van der Waals surface area contributed by atoms with Crippen LogP contribution in [0.1, 0.15) is 15.9 Å². The first-order valence-corrected chi connectivity index (χ1v) is 7.69. The van der Waals surface area contributed by atoms with Crippen molar-refractivity contribution in [2.24, 2.45) is 0 Å². The maximum Gasteiger partial charge on any atom is 0.252 e. The van der Waals surface area contributed by atoms with E-state index in [9.17, 15) is 13.6 Å². The van der Waals surface area contributed by atoms with Gasteiger partial charge >= 0.3 is 0 Å². The van der Waals surface area contributed by atoms with Crippen LogP contribution in [-0.4, -0.2) is 17.4 Å². The van der Waals surface area contributed by atoms with Gasteiger partial charge in [-0.1, -0.05) is 29.8 Å². The van der Waals surface area contributed by atoms with Gasteiger partial charge in [0.2, 0.25) is 0 Å². The quantitative estimate of drug-likeness (QED) is 0.721. The number of aromatic nitrogens is 1. The lowest BCUT2D eigenvalue weighted by molar-refractivity contribution is 0.0955. The normalized spacial score (nSPS) is 10.8. The van der Waals surface area contributed by atoms with Gasteiger partial charge in [-0.05, 0) is 36.2 Å². The average molecular weight is 347 g/mol. The van der Waals surface area contributed by atoms with Crippen molar-refractivity contribution >= 4 is 28.4 Å². The highest BCUT2D eigenvalue weighted by atomic mass is 35.5. The Kier molecular flexibility index (Phi) is 4.71. The Bertz CT molecular complexity index is 894. The van der Waals surface area contributed by atoms with Crippen LogP contribution in [0.3, 0.4) is 0 Å². The summed E-state index contributed by atoms with van der Waals surface area (Å²) in [4.78, 5) is 16.6. The van der Waals surface area contributed by atoms with Crippen LogP contribution in [0.25, 0.3) is 10.9 Å². The fraction of sp³-hybridized carbons (Fsp3) is 0.111. The van der Waals surface area contributed by atoms with Crippen LogP contribution in [0.5, 0.6) is 0 Å². The highest BCUT2D eigenvalue weighted by Crippen LogP contribution is 2.20. The molecular formula is C18H13ClF2N2O. The molecule has 0 spiro atoms. The van der Waals surface area contributed by atoms with Crippen LogP contribution in [0.2, 0.25) is 5.15 Å². The van der Waals surface area contributed by atoms with Gasteiger partial charge in [0.05, 0.1) is 11.1 Å². The Balaban J connectivity index is 1.74. The summed E-state index contributed by atoms with van der Waals surface area (Å²) in [5, 5.41) is 3.65. The smallest absolute Gasteiger partial charge is 0.252 e. The Morgan fingerprint density at radius 2 is 1.79 bits per heavy atom. The van der Waals surface area contributed by atoms with Gasteiger partial charge in [0.25, 0.3) is 5.91 Å². The molecule has 0 bridgehead atoms. The molecule has 0 unspecified atom stereocenters. The zero-order valence-electron chi connectivity index (χ0n) is 12.5. The Morgan fingerprint density at radius 3 is 2.54 bits per heavy atom. The zero-order chi connectivity index (χ0) is 17.1. The van der Waals surface area contributed by atoms with E-state index in [1.807, 2.05) is 12.1 Å². The van der Waals surface area contributed by atoms with E-state index < -0.39 is 11.6 Å². The first-order chi connectivity index (χ1) is 11.5. The lowest BCUT2D eigenvalue weighted by atomic mass is 10.1. The summed E-state index contributed by atoms with van der Waals surface area (Å²) >= 11 is 5.96. The van der Waals surface area contributed by atoms with E-state index in [1.54, 1.807) is 12.1 Å². The lowest BCUT2D eigenvalue weighted by Gasteiger charge is -2.09. The summed E-state index contributed by atoms with van der Waals surface area (Å²) in [7, 11) is 0. The van der Waals surface area contributed by atoms with Gasteiger partial charge in [-0.25, -0.2) is 13.8 Å². The maximum absolute atomic E-state index is 13.1. The molecule has 0 saturated heterocycles. The van der Waals surface area contributed by atoms with Crippen molar-refractivity contribution in [3.8, 4) is 0 Å². The summed E-state index contributed by atoms with van der Waals surface area (Å²) < 4.78 is 26.3. The van der Waals surface area contributed by atoms with Gasteiger partial charge in [-0.15, -0.1) is 0 Å². The molecule has 3 aromatic rings. The number of nitrogens with one attached hydrogen (secondary N) is 1. The summed E-state index contributed by atoms with van der Waals surface area (Å²) in [6.07, 6.45) is 0.317. The second-order valence-corrected chi connectivity index (χ2v) is 5.68. The van der Waals surface area contributed by atoms with Gasteiger partial charge in [-0.2, -0.15) is 0 Å². The minimum absolute atomic E-state index is 0.228. The molecule has 122 valence electrons. The van der Waals surface area contributed by atoms with E-state index in [1.165, 1.54) is 18.2 Å². The number of para-hydroxylation sites is 1. The number of rotatable bonds is 4. The number of fused-ring (bicyclic) bond motifs is 1. The minimum Gasteiger partial charge on any atom is -0.352 e. The first-order valence-electron chi connectivity index (χ1n) is 7.31. The molecular weight excluding hydrogens is 334 g/mol. The molecule has 0 radical (unpaired) electrons. The van der Waals surface area contributed by atoms with Gasteiger partial charge < -0.3 is 5.32 Å². The van der Waals surface area contributed by atoms with E-state index in [0.717, 1.165) is 6.07 Å². The van der Waals surface area contributed by atoms with Gasteiger partial charge in [0.15, 0.2) is 0 Å². The molecule has 3 nitrogen and oxygen atoms in total. The van der Waals surface area contributed by atoms with Crippen LogP contribution in [0, 0.1) is 11.6 Å². The van der Waals surface area contributed by atoms with Crippen molar-refractivity contribution in [3.05, 3.63) is 76.4 Å². The van der Waals surface area contributed by atoms with E-state index in [-0.39, 0.29) is 17.6 Å². The number of halogens is 3. The SMILES string of the molecule is O=C(NCCc1cc(F)cc(F)c1)c1cc(Cl)nc2ccccc12. The van der Waals surface area contributed by atoms with Crippen LogP contribution in [-0.2, 0) is 6.42 Å². The number of benzene rings is 2. The summed E-state index contributed by atoms with van der Waals surface area (Å²) in [6, 6.07) is 12.0. The van der Waals surface area contributed by atoms with Crippen molar-refractivity contribution in [1.82, 2.24) is 10.3 Å². The molecule has 6 heteroatoms. The van der Waals surface area contributed by atoms with Crippen molar-refractivity contribution in [2.75, 3.05) is 6.54 Å². The predicted octanol–water partition coefficient (Wildman–Crippen LogP) is 4.14. The first kappa shape index (κ1) is 16.3. The van der Waals surface area contributed by atoms with Crippen molar-refractivity contribution in [1.29, 1.82) is 0 Å². The molecule has 24 heavy (non-hydrogen) atoms. The van der Waals surface area contributed by atoms with E-state index in [0.29, 0.717) is 28.5 Å². The molecule has 1 N–H and O–H groups in total. The standard InChI is InChI=1S/C18H13ClF2N2O/c19-17-10-15(14-3-1-2-4-16(14)23-17)18(24)22-6-5-11-7-12(20)9-13(21)8-11/h1-4,7-10H,5-6H2,(H,22,24). The molecule has 0 atom stereocenters. The molecule has 3 rings (SSSR count). The summed E-state index contributed by atoms with van der Waals surface area (Å²) in [6.45, 7) is 0.246. The van der Waals surface area contributed by atoms with Crippen LogP contribution >= 0.6 is 11.6 Å². The van der Waals surface area contributed by atoms with Gasteiger partial charge in [0.1, 0.15) is 16.8 Å². The van der Waals surface area contributed by atoms with Crippen molar-refractivity contribution < 1.29 is 13.6 Å². The lowest BCUT2D eigenvalue weighted by Crippen LogP contribution is -2.26. The summed E-state index contributed by atoms with van der Waals surface area (Å²) in [5.41, 5.74) is 1.52. The molecule has 1 aromatic heterocycles. The minimum atomic E-state index is -0.636. The van der Waals surface area contributed by atoms with Gasteiger partial charge in [-0.3, -0.25) is 4.79 Å². The second kappa shape index (κ2) is 6.93. The largest absolute Gasteiger partial charge is 0.352 e. The van der Waals surface area contributed by atoms with E-state index in [2.05, 4.69) is 10.3 Å². The molecule has 0 aliphatic carbocycles. The number of carbonyl (C=O) groups excluding carboxylic acids is 1. The van der Waals surface area contributed by atoms with Crippen molar-refractivity contribution in [3.63, 3.8) is 0 Å². The number of amides is 1. The highest BCUT2D eigenvalue weighted by molar-refractivity contribution is 6.30. The molecule has 0 aliphatic heterocycles. The number of pyridine rings is 1. The number of hydrogen-bond donors (Lipinski definition) is 1. The highest BCUT2D eigenvalue weighted by Gasteiger charge is 2.12. The molecule has 0 aliphatic rings. The van der Waals surface area contributed by atoms with E-state index in [4.69, 9.17) is 11.6 Å². The zero-order valence-corrected chi connectivity index (χ0v) is 13.3. The average Bonchev–Trinajstić information content (AvgIpc) is 2.53. The third kappa shape index (κ3) is 3.68. The van der Waals surface area contributed by atoms with Gasteiger partial charge in [0, 0.05) is 18.0 Å². The number of nitrogens with zero attached hydrogens (tertiary/aromatic N) is 1. The number of hydrogen-bond acceptors (Lipinski definition) is 2. The fourth-order valence-electron chi connectivity index (χ4n) is 2.50. The van der Waals surface area contributed by atoms with Crippen LogP contribution in [0.4, 0.5) is 8.78 Å². The Hall–Kier alpha value is -2.53. The maximum atomic E-state index is 13.1. The van der Waals surface area contributed by atoms with Crippen LogP contribution in [0.15, 0.2) is 48.5 Å². The van der Waals surface area contributed by atoms with Crippen LogP contribution < -0.4 is 5.32 Å². The van der Waals surface area contributed by atoms with Crippen molar-refractivity contribution in [2.45, 2.75) is 6.42 Å². The molecule has 0 saturated carbocycles.